The molecule has 1 aromatic carbocycles. The Morgan fingerprint density at radius 1 is 1.17 bits per heavy atom. The second-order valence-electron chi connectivity index (χ2n) is 5.30. The maximum Gasteiger partial charge on any atom is 0.256 e. The molecule has 0 radical (unpaired) electrons. The average molecular weight is 397 g/mol. The minimum Gasteiger partial charge on any atom is -0.338 e. The molecule has 1 saturated heterocycles. The Morgan fingerprint density at radius 3 is 2.50 bits per heavy atom. The lowest BCUT2D eigenvalue weighted by Gasteiger charge is -2.34. The van der Waals surface area contributed by atoms with Crippen LogP contribution in [0.2, 0.25) is 0 Å². The molecule has 2 heterocycles. The summed E-state index contributed by atoms with van der Waals surface area (Å²) in [4.78, 5) is 27.7. The number of nitrogens with zero attached hydrogens (tertiary/aromatic N) is 6. The molecule has 1 fully saturated rings. The van der Waals surface area contributed by atoms with Gasteiger partial charge in [-0.25, -0.2) is 9.07 Å². The van der Waals surface area contributed by atoms with Crippen molar-refractivity contribution in [3.8, 4) is 0 Å². The quantitative estimate of drug-likeness (QED) is 0.756. The van der Waals surface area contributed by atoms with Gasteiger partial charge in [0, 0.05) is 30.7 Å². The van der Waals surface area contributed by atoms with Crippen LogP contribution in [0.15, 0.2) is 29.0 Å². The molecule has 10 heteroatoms. The summed E-state index contributed by atoms with van der Waals surface area (Å²) in [5.41, 5.74) is 0.0340. The lowest BCUT2D eigenvalue weighted by atomic mass is 10.1. The van der Waals surface area contributed by atoms with Crippen molar-refractivity contribution in [1.82, 2.24) is 30.0 Å². The molecule has 1 aliphatic rings. The SMILES string of the molecule is O=C(Cn1cnnn1)N1CCN(C(=O)c2ccc(Br)cc2F)CC1. The van der Waals surface area contributed by atoms with E-state index >= 15 is 0 Å². The summed E-state index contributed by atoms with van der Waals surface area (Å²) in [5, 5.41) is 10.6. The Hall–Kier alpha value is -2.36. The first-order chi connectivity index (χ1) is 11.5. The highest BCUT2D eigenvalue weighted by molar-refractivity contribution is 9.10. The van der Waals surface area contributed by atoms with Crippen LogP contribution < -0.4 is 0 Å². The molecular formula is C14H14BrFN6O2. The molecule has 1 aliphatic heterocycles. The van der Waals surface area contributed by atoms with Crippen LogP contribution >= 0.6 is 15.9 Å². The Balaban J connectivity index is 1.58. The van der Waals surface area contributed by atoms with Gasteiger partial charge in [-0.2, -0.15) is 0 Å². The number of piperazine rings is 1. The molecule has 3 rings (SSSR count). The Bertz CT molecular complexity index is 746. The number of rotatable bonds is 3. The fourth-order valence-corrected chi connectivity index (χ4v) is 2.82. The molecule has 2 aromatic rings. The van der Waals surface area contributed by atoms with Crippen LogP contribution in [-0.4, -0.2) is 68.0 Å². The summed E-state index contributed by atoms with van der Waals surface area (Å²) in [6.45, 7) is 1.56. The van der Waals surface area contributed by atoms with Crippen LogP contribution in [0.5, 0.6) is 0 Å². The van der Waals surface area contributed by atoms with E-state index in [0.717, 1.165) is 0 Å². The van der Waals surface area contributed by atoms with Crippen LogP contribution in [0.1, 0.15) is 10.4 Å². The van der Waals surface area contributed by atoms with E-state index < -0.39 is 5.82 Å². The van der Waals surface area contributed by atoms with Crippen molar-refractivity contribution in [2.75, 3.05) is 26.2 Å². The number of aromatic nitrogens is 4. The van der Waals surface area contributed by atoms with Crippen molar-refractivity contribution in [1.29, 1.82) is 0 Å². The molecule has 0 N–H and O–H groups in total. The molecule has 0 atom stereocenters. The van der Waals surface area contributed by atoms with Crippen molar-refractivity contribution in [2.45, 2.75) is 6.54 Å². The zero-order valence-electron chi connectivity index (χ0n) is 12.6. The van der Waals surface area contributed by atoms with Crippen LogP contribution in [0.25, 0.3) is 0 Å². The minimum absolute atomic E-state index is 0.0340. The summed E-state index contributed by atoms with van der Waals surface area (Å²) >= 11 is 3.16. The number of halogens is 2. The van der Waals surface area contributed by atoms with Crippen LogP contribution in [0.4, 0.5) is 4.39 Å². The molecule has 2 amide bonds. The molecule has 126 valence electrons. The van der Waals surface area contributed by atoms with Crippen LogP contribution in [0.3, 0.4) is 0 Å². The van der Waals surface area contributed by atoms with E-state index in [-0.39, 0.29) is 23.9 Å². The lowest BCUT2D eigenvalue weighted by Crippen LogP contribution is -2.51. The molecule has 1 aromatic heterocycles. The van der Waals surface area contributed by atoms with E-state index in [1.54, 1.807) is 15.9 Å². The Labute approximate surface area is 145 Å². The number of hydrogen-bond donors (Lipinski definition) is 0. The predicted octanol–water partition coefficient (Wildman–Crippen LogP) is 0.559. The summed E-state index contributed by atoms with van der Waals surface area (Å²) < 4.78 is 15.8. The predicted molar refractivity (Wildman–Crippen MR) is 84.4 cm³/mol. The zero-order chi connectivity index (χ0) is 17.1. The third-order valence-corrected chi connectivity index (χ3v) is 4.26. The number of benzene rings is 1. The highest BCUT2D eigenvalue weighted by Crippen LogP contribution is 2.17. The minimum atomic E-state index is -0.563. The van der Waals surface area contributed by atoms with Crippen LogP contribution in [-0.2, 0) is 11.3 Å². The van der Waals surface area contributed by atoms with Crippen molar-refractivity contribution in [2.24, 2.45) is 0 Å². The fraction of sp³-hybridized carbons (Fsp3) is 0.357. The van der Waals surface area contributed by atoms with Gasteiger partial charge in [-0.3, -0.25) is 9.59 Å². The topological polar surface area (TPSA) is 84.2 Å². The maximum absolute atomic E-state index is 13.9. The average Bonchev–Trinajstić information content (AvgIpc) is 3.07. The van der Waals surface area contributed by atoms with Crippen molar-refractivity contribution in [3.63, 3.8) is 0 Å². The third kappa shape index (κ3) is 3.58. The standard InChI is InChI=1S/C14H14BrFN6O2/c15-10-1-2-11(12(16)7-10)14(24)21-5-3-20(4-6-21)13(23)8-22-9-17-18-19-22/h1-2,7,9H,3-6,8H2. The summed E-state index contributed by atoms with van der Waals surface area (Å²) in [5.74, 6) is -1.05. The van der Waals surface area contributed by atoms with Gasteiger partial charge in [0.25, 0.3) is 5.91 Å². The number of carbonyl (C=O) groups excluding carboxylic acids is 2. The van der Waals surface area contributed by atoms with E-state index in [2.05, 4.69) is 31.5 Å². The number of hydrogen-bond acceptors (Lipinski definition) is 5. The van der Waals surface area contributed by atoms with E-state index in [1.165, 1.54) is 23.1 Å². The first kappa shape index (κ1) is 16.5. The summed E-state index contributed by atoms with van der Waals surface area (Å²) in [6, 6.07) is 4.35. The molecule has 0 saturated carbocycles. The number of carbonyl (C=O) groups is 2. The molecule has 8 nitrogen and oxygen atoms in total. The van der Waals surface area contributed by atoms with Crippen molar-refractivity contribution in [3.05, 3.63) is 40.4 Å². The van der Waals surface area contributed by atoms with Gasteiger partial charge in [0.1, 0.15) is 18.7 Å². The summed E-state index contributed by atoms with van der Waals surface area (Å²) in [7, 11) is 0. The molecule has 0 spiro atoms. The first-order valence-electron chi connectivity index (χ1n) is 7.27. The van der Waals surface area contributed by atoms with E-state index in [4.69, 9.17) is 0 Å². The Morgan fingerprint density at radius 2 is 1.88 bits per heavy atom. The maximum atomic E-state index is 13.9. The van der Waals surface area contributed by atoms with Gasteiger partial charge >= 0.3 is 0 Å². The van der Waals surface area contributed by atoms with Gasteiger partial charge in [0.15, 0.2) is 0 Å². The second-order valence-corrected chi connectivity index (χ2v) is 6.22. The van der Waals surface area contributed by atoms with Gasteiger partial charge in [0.05, 0.1) is 5.56 Å². The molecular weight excluding hydrogens is 383 g/mol. The van der Waals surface area contributed by atoms with E-state index in [1.807, 2.05) is 0 Å². The normalized spacial score (nSPS) is 14.8. The Kier molecular flexibility index (Phi) is 4.84. The number of tetrazole rings is 1. The van der Waals surface area contributed by atoms with Crippen LogP contribution in [0, 0.1) is 5.82 Å². The van der Waals surface area contributed by atoms with E-state index in [0.29, 0.717) is 30.7 Å². The van der Waals surface area contributed by atoms with Gasteiger partial charge in [0.2, 0.25) is 5.91 Å². The second kappa shape index (κ2) is 7.04. The van der Waals surface area contributed by atoms with E-state index in [9.17, 15) is 14.0 Å². The zero-order valence-corrected chi connectivity index (χ0v) is 14.2. The first-order valence-corrected chi connectivity index (χ1v) is 8.07. The van der Waals surface area contributed by atoms with Crippen molar-refractivity contribution < 1.29 is 14.0 Å². The molecule has 0 unspecified atom stereocenters. The van der Waals surface area contributed by atoms with Gasteiger partial charge < -0.3 is 9.80 Å². The largest absolute Gasteiger partial charge is 0.338 e. The highest BCUT2D eigenvalue weighted by atomic mass is 79.9. The molecule has 24 heavy (non-hydrogen) atoms. The van der Waals surface area contributed by atoms with Gasteiger partial charge in [-0.1, -0.05) is 15.9 Å². The smallest absolute Gasteiger partial charge is 0.256 e. The van der Waals surface area contributed by atoms with Gasteiger partial charge in [-0.15, -0.1) is 5.10 Å². The molecule has 0 bridgehead atoms. The monoisotopic (exact) mass is 396 g/mol. The lowest BCUT2D eigenvalue weighted by molar-refractivity contribution is -0.133. The highest BCUT2D eigenvalue weighted by Gasteiger charge is 2.26. The van der Waals surface area contributed by atoms with Crippen molar-refractivity contribution >= 4 is 27.7 Å². The molecule has 0 aliphatic carbocycles. The summed E-state index contributed by atoms with van der Waals surface area (Å²) in [6.07, 6.45) is 1.37. The van der Waals surface area contributed by atoms with Gasteiger partial charge in [-0.05, 0) is 28.6 Å². The fourth-order valence-electron chi connectivity index (χ4n) is 2.48. The third-order valence-electron chi connectivity index (χ3n) is 3.77. The number of amides is 2.